The molecule has 0 radical (unpaired) electrons. The van der Waals surface area contributed by atoms with Crippen molar-refractivity contribution in [3.05, 3.63) is 23.5 Å². The van der Waals surface area contributed by atoms with Crippen molar-refractivity contribution in [2.24, 2.45) is 7.05 Å². The molecule has 5 heteroatoms. The number of nitrogens with one attached hydrogen (secondary N) is 2. The third-order valence-electron chi connectivity index (χ3n) is 2.43. The first-order chi connectivity index (χ1) is 7.58. The highest BCUT2D eigenvalue weighted by molar-refractivity contribution is 5.80. The fourth-order valence-corrected chi connectivity index (χ4v) is 1.42. The van der Waals surface area contributed by atoms with Crippen molar-refractivity contribution in [2.45, 2.75) is 19.5 Å². The summed E-state index contributed by atoms with van der Waals surface area (Å²) < 4.78 is 1.77. The fourth-order valence-electron chi connectivity index (χ4n) is 1.42. The van der Waals surface area contributed by atoms with Gasteiger partial charge in [-0.3, -0.25) is 4.79 Å². The molecular formula is C11H16N4O. The predicted octanol–water partition coefficient (Wildman–Crippen LogP) is 0.121. The molecule has 5 nitrogen and oxygen atoms in total. The van der Waals surface area contributed by atoms with Crippen molar-refractivity contribution >= 4 is 5.91 Å². The number of aryl methyl sites for hydroxylation is 1. The lowest BCUT2D eigenvalue weighted by molar-refractivity contribution is -0.122. The average Bonchev–Trinajstić information content (AvgIpc) is 2.65. The molecule has 16 heavy (non-hydrogen) atoms. The molecule has 0 aliphatic carbocycles. The second-order valence-corrected chi connectivity index (χ2v) is 3.67. The van der Waals surface area contributed by atoms with Gasteiger partial charge in [0.25, 0.3) is 0 Å². The fraction of sp³-hybridized carbons (Fsp3) is 0.455. The zero-order valence-corrected chi connectivity index (χ0v) is 9.74. The van der Waals surface area contributed by atoms with Crippen LogP contribution in [-0.2, 0) is 18.4 Å². The summed E-state index contributed by atoms with van der Waals surface area (Å²) in [4.78, 5) is 11.2. The summed E-state index contributed by atoms with van der Waals surface area (Å²) in [6.45, 7) is 2.37. The van der Waals surface area contributed by atoms with Crippen LogP contribution >= 0.6 is 0 Å². The van der Waals surface area contributed by atoms with E-state index in [1.807, 2.05) is 19.3 Å². The monoisotopic (exact) mass is 220 g/mol. The first-order valence-corrected chi connectivity index (χ1v) is 5.08. The maximum atomic E-state index is 11.2. The number of nitrogens with zero attached hydrogens (tertiary/aromatic N) is 2. The zero-order chi connectivity index (χ0) is 12.1. The van der Waals surface area contributed by atoms with Crippen molar-refractivity contribution in [3.63, 3.8) is 0 Å². The van der Waals surface area contributed by atoms with Crippen LogP contribution in [0.2, 0.25) is 0 Å². The Kier molecular flexibility index (Phi) is 4.09. The van der Waals surface area contributed by atoms with Gasteiger partial charge in [-0.2, -0.15) is 5.26 Å². The summed E-state index contributed by atoms with van der Waals surface area (Å²) in [7, 11) is 3.43. The molecule has 1 unspecified atom stereocenters. The van der Waals surface area contributed by atoms with Crippen LogP contribution in [-0.4, -0.2) is 23.6 Å². The lowest BCUT2D eigenvalue weighted by atomic mass is 10.2. The molecule has 1 rings (SSSR count). The Bertz CT molecular complexity index is 416. The van der Waals surface area contributed by atoms with Crippen molar-refractivity contribution in [1.82, 2.24) is 15.2 Å². The molecule has 86 valence electrons. The quantitative estimate of drug-likeness (QED) is 0.757. The Morgan fingerprint density at radius 3 is 2.88 bits per heavy atom. The topological polar surface area (TPSA) is 69.8 Å². The highest BCUT2D eigenvalue weighted by Gasteiger charge is 2.10. The minimum absolute atomic E-state index is 0.0450. The van der Waals surface area contributed by atoms with Gasteiger partial charge in [0, 0.05) is 26.8 Å². The Morgan fingerprint density at radius 1 is 1.69 bits per heavy atom. The van der Waals surface area contributed by atoms with Crippen LogP contribution in [0.25, 0.3) is 0 Å². The van der Waals surface area contributed by atoms with Crippen molar-refractivity contribution < 1.29 is 4.79 Å². The van der Waals surface area contributed by atoms with E-state index in [1.54, 1.807) is 18.5 Å². The first kappa shape index (κ1) is 12.3. The van der Waals surface area contributed by atoms with Gasteiger partial charge in [0.2, 0.25) is 5.91 Å². The summed E-state index contributed by atoms with van der Waals surface area (Å²) in [5.41, 5.74) is 1.61. The number of nitriles is 1. The molecule has 0 bridgehead atoms. The number of carbonyl (C=O) groups excluding carboxylic acids is 1. The Hall–Kier alpha value is -1.80. The summed E-state index contributed by atoms with van der Waals surface area (Å²) in [6.07, 6.45) is 1.88. The molecule has 1 amide bonds. The van der Waals surface area contributed by atoms with Crippen molar-refractivity contribution in [3.8, 4) is 6.07 Å². The SMILES string of the molecule is CNC(=O)C(C)NCc1cc(C#N)n(C)c1. The minimum Gasteiger partial charge on any atom is -0.358 e. The van der Waals surface area contributed by atoms with Gasteiger partial charge in [-0.25, -0.2) is 0 Å². The summed E-state index contributed by atoms with van der Waals surface area (Å²) in [5.74, 6) is -0.0450. The van der Waals surface area contributed by atoms with E-state index in [2.05, 4.69) is 16.7 Å². The van der Waals surface area contributed by atoms with Crippen LogP contribution < -0.4 is 10.6 Å². The van der Waals surface area contributed by atoms with E-state index in [1.165, 1.54) is 0 Å². The van der Waals surface area contributed by atoms with E-state index in [0.29, 0.717) is 12.2 Å². The molecule has 0 fully saturated rings. The number of carbonyl (C=O) groups is 1. The molecule has 0 spiro atoms. The molecule has 2 N–H and O–H groups in total. The molecule has 1 atom stereocenters. The maximum Gasteiger partial charge on any atom is 0.236 e. The standard InChI is InChI=1S/C11H16N4O/c1-8(11(16)13-2)14-6-9-4-10(5-12)15(3)7-9/h4,7-8,14H,6H2,1-3H3,(H,13,16). The summed E-state index contributed by atoms with van der Waals surface area (Å²) >= 11 is 0. The molecule has 0 aliphatic rings. The zero-order valence-electron chi connectivity index (χ0n) is 9.74. The minimum atomic E-state index is -0.240. The number of hydrogen-bond donors (Lipinski definition) is 2. The largest absolute Gasteiger partial charge is 0.358 e. The molecule has 0 saturated heterocycles. The van der Waals surface area contributed by atoms with E-state index in [-0.39, 0.29) is 11.9 Å². The van der Waals surface area contributed by atoms with Gasteiger partial charge in [0.1, 0.15) is 11.8 Å². The van der Waals surface area contributed by atoms with E-state index < -0.39 is 0 Å². The highest BCUT2D eigenvalue weighted by atomic mass is 16.2. The smallest absolute Gasteiger partial charge is 0.236 e. The van der Waals surface area contributed by atoms with Crippen LogP contribution in [0, 0.1) is 11.3 Å². The summed E-state index contributed by atoms with van der Waals surface area (Å²) in [5, 5.41) is 14.4. The van der Waals surface area contributed by atoms with Gasteiger partial charge in [-0.05, 0) is 18.6 Å². The average molecular weight is 220 g/mol. The molecule has 1 heterocycles. The van der Waals surface area contributed by atoms with Crippen molar-refractivity contribution in [1.29, 1.82) is 5.26 Å². The highest BCUT2D eigenvalue weighted by Crippen LogP contribution is 2.05. The van der Waals surface area contributed by atoms with Crippen LogP contribution in [0.15, 0.2) is 12.3 Å². The number of aromatic nitrogens is 1. The molecule has 1 aromatic heterocycles. The number of rotatable bonds is 4. The normalized spacial score (nSPS) is 11.9. The van der Waals surface area contributed by atoms with Gasteiger partial charge < -0.3 is 15.2 Å². The van der Waals surface area contributed by atoms with E-state index in [0.717, 1.165) is 5.56 Å². The number of hydrogen-bond acceptors (Lipinski definition) is 3. The predicted molar refractivity (Wildman–Crippen MR) is 60.5 cm³/mol. The Morgan fingerprint density at radius 2 is 2.38 bits per heavy atom. The van der Waals surface area contributed by atoms with Gasteiger partial charge in [0.15, 0.2) is 0 Å². The lowest BCUT2D eigenvalue weighted by Crippen LogP contribution is -2.40. The van der Waals surface area contributed by atoms with Gasteiger partial charge in [0.05, 0.1) is 6.04 Å². The van der Waals surface area contributed by atoms with Crippen LogP contribution in [0.5, 0.6) is 0 Å². The molecular weight excluding hydrogens is 204 g/mol. The Balaban J connectivity index is 2.55. The third kappa shape index (κ3) is 2.84. The molecule has 1 aromatic rings. The third-order valence-corrected chi connectivity index (χ3v) is 2.43. The van der Waals surface area contributed by atoms with E-state index >= 15 is 0 Å². The lowest BCUT2D eigenvalue weighted by Gasteiger charge is -2.10. The van der Waals surface area contributed by atoms with Gasteiger partial charge >= 0.3 is 0 Å². The van der Waals surface area contributed by atoms with Crippen molar-refractivity contribution in [2.75, 3.05) is 7.05 Å². The molecule has 0 saturated carbocycles. The van der Waals surface area contributed by atoms with Gasteiger partial charge in [-0.1, -0.05) is 0 Å². The van der Waals surface area contributed by atoms with E-state index in [4.69, 9.17) is 5.26 Å². The van der Waals surface area contributed by atoms with Crippen LogP contribution in [0.1, 0.15) is 18.2 Å². The summed E-state index contributed by atoms with van der Waals surface area (Å²) in [6, 6.07) is 3.66. The maximum absolute atomic E-state index is 11.2. The van der Waals surface area contributed by atoms with Crippen LogP contribution in [0.3, 0.4) is 0 Å². The van der Waals surface area contributed by atoms with E-state index in [9.17, 15) is 4.79 Å². The Labute approximate surface area is 95.1 Å². The molecule has 0 aromatic carbocycles. The molecule has 0 aliphatic heterocycles. The number of amides is 1. The number of likely N-dealkylation sites (N-methyl/N-ethyl adjacent to an activating group) is 1. The van der Waals surface area contributed by atoms with Crippen LogP contribution in [0.4, 0.5) is 0 Å². The second kappa shape index (κ2) is 5.33. The first-order valence-electron chi connectivity index (χ1n) is 5.08. The second-order valence-electron chi connectivity index (χ2n) is 3.67. The van der Waals surface area contributed by atoms with Gasteiger partial charge in [-0.15, -0.1) is 0 Å².